The summed E-state index contributed by atoms with van der Waals surface area (Å²) in [7, 11) is 0. The van der Waals surface area contributed by atoms with E-state index < -0.39 is 17.6 Å². The predicted molar refractivity (Wildman–Crippen MR) is 108 cm³/mol. The highest BCUT2D eigenvalue weighted by Crippen LogP contribution is 2.33. The van der Waals surface area contributed by atoms with Crippen LogP contribution in [0, 0.1) is 11.3 Å². The fourth-order valence-electron chi connectivity index (χ4n) is 3.50. The smallest absolute Gasteiger partial charge is 0.322 e. The molecule has 0 radical (unpaired) electrons. The zero-order chi connectivity index (χ0) is 22.0. The van der Waals surface area contributed by atoms with E-state index in [1.165, 1.54) is 23.7 Å². The van der Waals surface area contributed by atoms with E-state index in [0.717, 1.165) is 34.7 Å². The topological polar surface area (TPSA) is 81.9 Å². The van der Waals surface area contributed by atoms with Crippen LogP contribution in [0.1, 0.15) is 37.5 Å². The Hall–Kier alpha value is -3.29. The number of fused-ring (bicyclic) bond motifs is 1. The number of halogens is 3. The number of nitriles is 1. The lowest BCUT2D eigenvalue weighted by Gasteiger charge is -2.27. The second-order valence-corrected chi connectivity index (χ2v) is 8.09. The van der Waals surface area contributed by atoms with E-state index >= 15 is 0 Å². The molecule has 3 aromatic rings. The van der Waals surface area contributed by atoms with Gasteiger partial charge >= 0.3 is 6.18 Å². The molecular weight excluding hydrogens is 427 g/mol. The third-order valence-corrected chi connectivity index (χ3v) is 5.95. The number of rotatable bonds is 4. The summed E-state index contributed by atoms with van der Waals surface area (Å²) in [6.07, 6.45) is 1.05. The van der Waals surface area contributed by atoms with Gasteiger partial charge in [0, 0.05) is 53.5 Å². The number of carbonyl (C=O) groups is 1. The summed E-state index contributed by atoms with van der Waals surface area (Å²) >= 11 is 1.45. The van der Waals surface area contributed by atoms with Gasteiger partial charge in [-0.3, -0.25) is 9.69 Å². The van der Waals surface area contributed by atoms with Crippen LogP contribution in [0.15, 0.2) is 42.3 Å². The Balaban J connectivity index is 1.50. The molecule has 1 aromatic carbocycles. The summed E-state index contributed by atoms with van der Waals surface area (Å²) in [5.74, 6) is -0.481. The first-order valence-electron chi connectivity index (χ1n) is 9.32. The van der Waals surface area contributed by atoms with Crippen molar-refractivity contribution in [3.8, 4) is 6.07 Å². The minimum atomic E-state index is -4.61. The Morgan fingerprint density at radius 2 is 2.03 bits per heavy atom. The third-order valence-electron chi connectivity index (χ3n) is 4.94. The van der Waals surface area contributed by atoms with Gasteiger partial charge < -0.3 is 5.32 Å². The molecule has 0 unspecified atom stereocenters. The summed E-state index contributed by atoms with van der Waals surface area (Å²) in [4.78, 5) is 24.1. The number of carbonyl (C=O) groups excluding carboxylic acids is 1. The van der Waals surface area contributed by atoms with Gasteiger partial charge in [-0.1, -0.05) is 0 Å². The Morgan fingerprint density at radius 3 is 2.74 bits per heavy atom. The van der Waals surface area contributed by atoms with Crippen molar-refractivity contribution < 1.29 is 18.0 Å². The summed E-state index contributed by atoms with van der Waals surface area (Å²) in [5, 5.41) is 13.3. The second-order valence-electron chi connectivity index (χ2n) is 7.12. The van der Waals surface area contributed by atoms with Crippen molar-refractivity contribution in [3.63, 3.8) is 0 Å². The maximum Gasteiger partial charge on any atom is 0.416 e. The van der Waals surface area contributed by atoms with Crippen LogP contribution in [0.25, 0.3) is 0 Å². The van der Waals surface area contributed by atoms with Crippen molar-refractivity contribution in [2.24, 2.45) is 0 Å². The number of hydrogen-bond acceptors (Lipinski definition) is 6. The molecule has 4 rings (SSSR count). The van der Waals surface area contributed by atoms with Gasteiger partial charge in [-0.15, -0.1) is 11.3 Å². The summed E-state index contributed by atoms with van der Waals surface area (Å²) < 4.78 is 39.2. The molecule has 1 aliphatic rings. The number of benzene rings is 1. The number of thiophene rings is 1. The molecule has 10 heteroatoms. The van der Waals surface area contributed by atoms with Gasteiger partial charge in [0.05, 0.1) is 22.8 Å². The standard InChI is InChI=1S/C21H16F3N5OS/c22-21(23,24)15-3-13(6-25)4-16(5-15)28-20(30)18-11-31-19-10-29(2-1-17(18)19)9-14-7-26-12-27-8-14/h3-5,7-8,11-12H,1-2,9-10H2,(H,28,30). The molecular formula is C21H16F3N5OS. The molecule has 158 valence electrons. The highest BCUT2D eigenvalue weighted by molar-refractivity contribution is 7.10. The number of amides is 1. The molecule has 1 aliphatic heterocycles. The van der Waals surface area contributed by atoms with Crippen LogP contribution in [0.5, 0.6) is 0 Å². The van der Waals surface area contributed by atoms with Crippen LogP contribution < -0.4 is 5.32 Å². The number of anilines is 1. The van der Waals surface area contributed by atoms with E-state index in [0.29, 0.717) is 25.1 Å². The average molecular weight is 443 g/mol. The molecule has 0 spiro atoms. The number of aromatic nitrogens is 2. The summed E-state index contributed by atoms with van der Waals surface area (Å²) in [6.45, 7) is 2.10. The second kappa shape index (κ2) is 8.45. The van der Waals surface area contributed by atoms with E-state index in [9.17, 15) is 18.0 Å². The Labute approximate surface area is 180 Å². The van der Waals surface area contributed by atoms with Gasteiger partial charge in [0.2, 0.25) is 0 Å². The highest BCUT2D eigenvalue weighted by Gasteiger charge is 2.31. The largest absolute Gasteiger partial charge is 0.416 e. The van der Waals surface area contributed by atoms with Crippen LogP contribution in [0.2, 0.25) is 0 Å². The Kier molecular flexibility index (Phi) is 5.71. The van der Waals surface area contributed by atoms with E-state index in [4.69, 9.17) is 5.26 Å². The zero-order valence-electron chi connectivity index (χ0n) is 16.1. The molecule has 0 fully saturated rings. The molecule has 0 aliphatic carbocycles. The van der Waals surface area contributed by atoms with Gasteiger partial charge in [0.15, 0.2) is 0 Å². The molecule has 31 heavy (non-hydrogen) atoms. The molecule has 0 bridgehead atoms. The quantitative estimate of drug-likeness (QED) is 0.652. The normalized spacial score (nSPS) is 14.0. The predicted octanol–water partition coefficient (Wildman–Crippen LogP) is 4.24. The Bertz CT molecular complexity index is 1150. The molecule has 3 heterocycles. The lowest BCUT2D eigenvalue weighted by Crippen LogP contribution is -2.30. The first-order chi connectivity index (χ1) is 14.8. The van der Waals surface area contributed by atoms with Gasteiger partial charge in [0.1, 0.15) is 6.33 Å². The lowest BCUT2D eigenvalue weighted by molar-refractivity contribution is -0.137. The highest BCUT2D eigenvalue weighted by atomic mass is 32.1. The van der Waals surface area contributed by atoms with Crippen LogP contribution >= 0.6 is 11.3 Å². The number of hydrogen-bond donors (Lipinski definition) is 1. The SMILES string of the molecule is N#Cc1cc(NC(=O)c2csc3c2CCN(Cc2cncnc2)C3)cc(C(F)(F)F)c1. The molecule has 0 saturated heterocycles. The maximum absolute atomic E-state index is 13.1. The molecule has 2 aromatic heterocycles. The van der Waals surface area contributed by atoms with Crippen molar-refractivity contribution in [1.29, 1.82) is 5.26 Å². The van der Waals surface area contributed by atoms with Gasteiger partial charge in [-0.2, -0.15) is 18.4 Å². The van der Waals surface area contributed by atoms with Crippen LogP contribution in [-0.2, 0) is 25.7 Å². The molecule has 1 amide bonds. The van der Waals surface area contributed by atoms with E-state index in [1.807, 2.05) is 0 Å². The van der Waals surface area contributed by atoms with Crippen molar-refractivity contribution in [1.82, 2.24) is 14.9 Å². The maximum atomic E-state index is 13.1. The summed E-state index contributed by atoms with van der Waals surface area (Å²) in [6, 6.07) is 4.52. The fourth-order valence-corrected chi connectivity index (χ4v) is 4.62. The zero-order valence-corrected chi connectivity index (χ0v) is 16.9. The third kappa shape index (κ3) is 4.73. The van der Waals surface area contributed by atoms with Crippen molar-refractivity contribution >= 4 is 22.9 Å². The molecule has 0 atom stereocenters. The van der Waals surface area contributed by atoms with Gasteiger partial charge in [0.25, 0.3) is 5.91 Å². The minimum absolute atomic E-state index is 0.0576. The average Bonchev–Trinajstić information content (AvgIpc) is 3.17. The van der Waals surface area contributed by atoms with Crippen LogP contribution in [0.4, 0.5) is 18.9 Å². The number of alkyl halides is 3. The molecule has 6 nitrogen and oxygen atoms in total. The van der Waals surface area contributed by atoms with E-state index in [-0.39, 0.29) is 11.3 Å². The lowest BCUT2D eigenvalue weighted by atomic mass is 10.0. The van der Waals surface area contributed by atoms with Gasteiger partial charge in [-0.25, -0.2) is 9.97 Å². The fraction of sp³-hybridized carbons (Fsp3) is 0.238. The van der Waals surface area contributed by atoms with Crippen molar-refractivity contribution in [3.05, 3.63) is 75.0 Å². The van der Waals surface area contributed by atoms with E-state index in [1.54, 1.807) is 23.8 Å². The van der Waals surface area contributed by atoms with Crippen molar-refractivity contribution in [2.75, 3.05) is 11.9 Å². The number of nitrogens with one attached hydrogen (secondary N) is 1. The summed E-state index contributed by atoms with van der Waals surface area (Å²) in [5.41, 5.74) is 1.16. The first-order valence-corrected chi connectivity index (χ1v) is 10.2. The minimum Gasteiger partial charge on any atom is -0.322 e. The van der Waals surface area contributed by atoms with E-state index in [2.05, 4.69) is 20.2 Å². The monoisotopic (exact) mass is 443 g/mol. The number of nitrogens with zero attached hydrogens (tertiary/aromatic N) is 4. The van der Waals surface area contributed by atoms with Crippen molar-refractivity contribution in [2.45, 2.75) is 25.7 Å². The van der Waals surface area contributed by atoms with Crippen LogP contribution in [0.3, 0.4) is 0 Å². The molecule has 1 N–H and O–H groups in total. The first kappa shape index (κ1) is 21.0. The molecule has 0 saturated carbocycles. The Morgan fingerprint density at radius 1 is 1.26 bits per heavy atom. The van der Waals surface area contributed by atoms with Gasteiger partial charge in [-0.05, 0) is 30.2 Å². The van der Waals surface area contributed by atoms with Crippen LogP contribution in [-0.4, -0.2) is 27.3 Å².